The number of carbonyl (C=O) groups is 2. The van der Waals surface area contributed by atoms with E-state index in [1.54, 1.807) is 60.7 Å². The van der Waals surface area contributed by atoms with E-state index >= 15 is 0 Å². The zero-order valence-electron chi connectivity index (χ0n) is 17.9. The Labute approximate surface area is 199 Å². The monoisotopic (exact) mass is 482 g/mol. The summed E-state index contributed by atoms with van der Waals surface area (Å²) in [6.07, 6.45) is 1.42. The lowest BCUT2D eigenvalue weighted by atomic mass is 10.2. The van der Waals surface area contributed by atoms with Gasteiger partial charge in [-0.1, -0.05) is 11.6 Å². The van der Waals surface area contributed by atoms with Crippen LogP contribution >= 0.6 is 11.6 Å². The maximum absolute atomic E-state index is 12.5. The van der Waals surface area contributed by atoms with Crippen LogP contribution in [0.3, 0.4) is 0 Å². The Balaban J connectivity index is 1.33. The summed E-state index contributed by atoms with van der Waals surface area (Å²) in [6.45, 7) is -0.0997. The average Bonchev–Trinajstić information content (AvgIpc) is 3.32. The number of benzene rings is 3. The number of halogens is 1. The van der Waals surface area contributed by atoms with Crippen molar-refractivity contribution in [2.24, 2.45) is 5.10 Å². The van der Waals surface area contributed by atoms with E-state index in [4.69, 9.17) is 35.3 Å². The Kier molecular flexibility index (Phi) is 7.14. The second-order valence-corrected chi connectivity index (χ2v) is 7.34. The summed E-state index contributed by atoms with van der Waals surface area (Å²) < 4.78 is 26.7. The van der Waals surface area contributed by atoms with Crippen molar-refractivity contribution >= 4 is 29.7 Å². The van der Waals surface area contributed by atoms with Gasteiger partial charge >= 0.3 is 5.97 Å². The molecule has 3 aromatic rings. The number of hydrogen-bond donors (Lipinski definition) is 1. The van der Waals surface area contributed by atoms with Crippen LogP contribution < -0.4 is 29.1 Å². The summed E-state index contributed by atoms with van der Waals surface area (Å²) >= 11 is 5.81. The third-order valence-corrected chi connectivity index (χ3v) is 4.84. The zero-order chi connectivity index (χ0) is 23.9. The van der Waals surface area contributed by atoms with Crippen LogP contribution in [0.5, 0.6) is 28.7 Å². The molecule has 1 aliphatic rings. The highest BCUT2D eigenvalue weighted by Crippen LogP contribution is 2.33. The van der Waals surface area contributed by atoms with E-state index in [-0.39, 0.29) is 19.1 Å². The topological polar surface area (TPSA) is 105 Å². The fourth-order valence-corrected chi connectivity index (χ4v) is 3.05. The highest BCUT2D eigenvalue weighted by atomic mass is 35.5. The van der Waals surface area contributed by atoms with Gasteiger partial charge < -0.3 is 23.7 Å². The Hall–Kier alpha value is -4.24. The molecule has 0 saturated heterocycles. The molecule has 0 saturated carbocycles. The average molecular weight is 483 g/mol. The number of ether oxygens (including phenoxy) is 5. The molecule has 0 radical (unpaired) electrons. The van der Waals surface area contributed by atoms with Gasteiger partial charge in [0.25, 0.3) is 5.91 Å². The fourth-order valence-electron chi connectivity index (χ4n) is 2.92. The number of nitrogens with one attached hydrogen (secondary N) is 1. The SMILES string of the molecule is COc1cc(C=NNC(=O)COc2ccc(Cl)cc2)ccc1OC(=O)c1ccc2c(c1)OCO2. The van der Waals surface area contributed by atoms with Crippen LogP contribution in [0.1, 0.15) is 15.9 Å². The molecular formula is C24H19ClN2O7. The summed E-state index contributed by atoms with van der Waals surface area (Å²) in [7, 11) is 1.45. The summed E-state index contributed by atoms with van der Waals surface area (Å²) in [6, 6.07) is 16.3. The first-order valence-corrected chi connectivity index (χ1v) is 10.4. The highest BCUT2D eigenvalue weighted by Gasteiger charge is 2.18. The molecule has 0 fully saturated rings. The molecule has 1 N–H and O–H groups in total. The van der Waals surface area contributed by atoms with Crippen molar-refractivity contribution in [2.75, 3.05) is 20.5 Å². The van der Waals surface area contributed by atoms with Crippen LogP contribution in [0, 0.1) is 0 Å². The molecule has 4 rings (SSSR count). The fraction of sp³-hybridized carbons (Fsp3) is 0.125. The van der Waals surface area contributed by atoms with Gasteiger partial charge in [-0.2, -0.15) is 5.10 Å². The number of hydrogen-bond acceptors (Lipinski definition) is 8. The van der Waals surface area contributed by atoms with Gasteiger partial charge in [0.05, 0.1) is 18.9 Å². The van der Waals surface area contributed by atoms with Gasteiger partial charge in [-0.05, 0) is 66.2 Å². The third kappa shape index (κ3) is 5.76. The lowest BCUT2D eigenvalue weighted by Crippen LogP contribution is -2.24. The Morgan fingerprint density at radius 1 is 1.03 bits per heavy atom. The predicted molar refractivity (Wildman–Crippen MR) is 123 cm³/mol. The summed E-state index contributed by atoms with van der Waals surface area (Å²) in [5.41, 5.74) is 3.29. The van der Waals surface area contributed by atoms with E-state index in [1.165, 1.54) is 13.3 Å². The number of esters is 1. The Morgan fingerprint density at radius 3 is 2.62 bits per heavy atom. The van der Waals surface area contributed by atoms with Crippen LogP contribution in [0.15, 0.2) is 65.8 Å². The minimum absolute atomic E-state index is 0.112. The number of hydrazone groups is 1. The van der Waals surface area contributed by atoms with Crippen molar-refractivity contribution in [3.63, 3.8) is 0 Å². The lowest BCUT2D eigenvalue weighted by molar-refractivity contribution is -0.123. The molecule has 34 heavy (non-hydrogen) atoms. The molecule has 0 aliphatic carbocycles. The first-order valence-electron chi connectivity index (χ1n) is 10.0. The number of amides is 1. The van der Waals surface area contributed by atoms with Crippen LogP contribution in [-0.4, -0.2) is 38.6 Å². The molecule has 1 amide bonds. The normalized spacial score (nSPS) is 11.8. The van der Waals surface area contributed by atoms with E-state index in [0.29, 0.717) is 39.1 Å². The van der Waals surface area contributed by atoms with Crippen LogP contribution in [0.2, 0.25) is 5.02 Å². The standard InChI is InChI=1S/C24H19ClN2O7/c1-30-21-10-15(12-26-27-23(28)13-31-18-6-4-17(25)5-7-18)2-8-20(21)34-24(29)16-3-9-19-22(11-16)33-14-32-19/h2-12H,13-14H2,1H3,(H,27,28). The summed E-state index contributed by atoms with van der Waals surface area (Å²) in [5.74, 6) is 1.09. The molecule has 0 atom stereocenters. The van der Waals surface area contributed by atoms with Crippen LogP contribution in [0.25, 0.3) is 0 Å². The second-order valence-electron chi connectivity index (χ2n) is 6.90. The van der Waals surface area contributed by atoms with Crippen molar-refractivity contribution in [1.82, 2.24) is 5.43 Å². The second kappa shape index (κ2) is 10.6. The van der Waals surface area contributed by atoms with Crippen LogP contribution in [-0.2, 0) is 4.79 Å². The number of fused-ring (bicyclic) bond motifs is 1. The van der Waals surface area contributed by atoms with E-state index in [0.717, 1.165) is 0 Å². The van der Waals surface area contributed by atoms with Crippen molar-refractivity contribution in [3.05, 3.63) is 76.8 Å². The summed E-state index contributed by atoms with van der Waals surface area (Å²) in [4.78, 5) is 24.4. The first-order chi connectivity index (χ1) is 16.5. The molecule has 10 heteroatoms. The maximum atomic E-state index is 12.5. The Bertz CT molecular complexity index is 1230. The van der Waals surface area contributed by atoms with Gasteiger partial charge in [-0.15, -0.1) is 0 Å². The van der Waals surface area contributed by atoms with E-state index < -0.39 is 11.9 Å². The van der Waals surface area contributed by atoms with Crippen molar-refractivity contribution in [1.29, 1.82) is 0 Å². The molecule has 1 aliphatic heterocycles. The molecule has 0 spiro atoms. The molecule has 0 aromatic heterocycles. The number of carbonyl (C=O) groups excluding carboxylic acids is 2. The first kappa shape index (κ1) is 22.9. The van der Waals surface area contributed by atoms with Crippen molar-refractivity contribution < 1.29 is 33.3 Å². The predicted octanol–water partition coefficient (Wildman–Crippen LogP) is 3.83. The number of nitrogens with zero attached hydrogens (tertiary/aromatic N) is 1. The lowest BCUT2D eigenvalue weighted by Gasteiger charge is -2.10. The number of methoxy groups -OCH3 is 1. The highest BCUT2D eigenvalue weighted by molar-refractivity contribution is 6.30. The molecule has 174 valence electrons. The maximum Gasteiger partial charge on any atom is 0.343 e. The van der Waals surface area contributed by atoms with Crippen molar-refractivity contribution in [3.8, 4) is 28.7 Å². The van der Waals surface area contributed by atoms with Gasteiger partial charge in [0.1, 0.15) is 5.75 Å². The molecular weight excluding hydrogens is 464 g/mol. The smallest absolute Gasteiger partial charge is 0.343 e. The largest absolute Gasteiger partial charge is 0.493 e. The quantitative estimate of drug-likeness (QED) is 0.225. The van der Waals surface area contributed by atoms with Gasteiger partial charge in [0.2, 0.25) is 6.79 Å². The van der Waals surface area contributed by atoms with Crippen LogP contribution in [0.4, 0.5) is 0 Å². The zero-order valence-corrected chi connectivity index (χ0v) is 18.7. The molecule has 0 unspecified atom stereocenters. The minimum Gasteiger partial charge on any atom is -0.493 e. The van der Waals surface area contributed by atoms with Gasteiger partial charge in [0, 0.05) is 5.02 Å². The van der Waals surface area contributed by atoms with E-state index in [1.807, 2.05) is 0 Å². The molecule has 0 bridgehead atoms. The van der Waals surface area contributed by atoms with Gasteiger partial charge in [0.15, 0.2) is 29.6 Å². The molecule has 1 heterocycles. The van der Waals surface area contributed by atoms with Gasteiger partial charge in [-0.25, -0.2) is 10.2 Å². The summed E-state index contributed by atoms with van der Waals surface area (Å²) in [5, 5.41) is 4.47. The number of rotatable bonds is 8. The van der Waals surface area contributed by atoms with Crippen molar-refractivity contribution in [2.45, 2.75) is 0 Å². The van der Waals surface area contributed by atoms with Gasteiger partial charge in [-0.3, -0.25) is 4.79 Å². The van der Waals surface area contributed by atoms with E-state index in [9.17, 15) is 9.59 Å². The molecule has 9 nitrogen and oxygen atoms in total. The molecule has 3 aromatic carbocycles. The Morgan fingerprint density at radius 2 is 1.82 bits per heavy atom. The van der Waals surface area contributed by atoms with E-state index in [2.05, 4.69) is 10.5 Å². The minimum atomic E-state index is -0.578. The third-order valence-electron chi connectivity index (χ3n) is 4.59.